The highest BCUT2D eigenvalue weighted by Crippen LogP contribution is 2.21. The van der Waals surface area contributed by atoms with Crippen molar-refractivity contribution in [2.75, 3.05) is 69.8 Å². The second-order valence-electron chi connectivity index (χ2n) is 8.51. The van der Waals surface area contributed by atoms with E-state index in [9.17, 15) is 22.9 Å². The molecule has 1 amide bonds. The Morgan fingerprint density at radius 2 is 1.84 bits per heavy atom. The molecule has 0 saturated carbocycles. The van der Waals surface area contributed by atoms with Gasteiger partial charge in [-0.2, -0.15) is 5.26 Å². The average Bonchev–Trinajstić information content (AvgIpc) is 3.13. The van der Waals surface area contributed by atoms with E-state index in [4.69, 9.17) is 0 Å². The fourth-order valence-electron chi connectivity index (χ4n) is 3.99. The van der Waals surface area contributed by atoms with Crippen LogP contribution in [0.5, 0.6) is 0 Å². The van der Waals surface area contributed by atoms with Crippen LogP contribution < -0.4 is 4.90 Å². The lowest BCUT2D eigenvalue weighted by atomic mass is 10.2. The maximum absolute atomic E-state index is 13.2. The zero-order chi connectivity index (χ0) is 23.3. The number of anilines is 1. The van der Waals surface area contributed by atoms with E-state index in [1.807, 2.05) is 30.0 Å². The predicted octanol–water partition coefficient (Wildman–Crippen LogP) is 0.932. The van der Waals surface area contributed by atoms with Crippen LogP contribution in [0.4, 0.5) is 10.1 Å². The molecule has 1 unspecified atom stereocenters. The molecule has 2 aliphatic heterocycles. The molecular formula is C22H30FN5O3S. The lowest BCUT2D eigenvalue weighted by molar-refractivity contribution is -0.127. The van der Waals surface area contributed by atoms with E-state index in [2.05, 4.69) is 4.90 Å². The maximum Gasteiger partial charge on any atom is 0.266 e. The van der Waals surface area contributed by atoms with Crippen molar-refractivity contribution in [1.29, 1.82) is 5.26 Å². The molecular weight excluding hydrogens is 433 g/mol. The number of carbonyl (C=O) groups is 1. The first-order chi connectivity index (χ1) is 15.2. The number of nitriles is 1. The number of sulfone groups is 1. The summed E-state index contributed by atoms with van der Waals surface area (Å²) in [7, 11) is 0.752. The van der Waals surface area contributed by atoms with Gasteiger partial charge in [-0.05, 0) is 44.8 Å². The summed E-state index contributed by atoms with van der Waals surface area (Å²) in [6.07, 6.45) is 2.04. The van der Waals surface area contributed by atoms with Crippen LogP contribution in [0.2, 0.25) is 0 Å². The molecule has 32 heavy (non-hydrogen) atoms. The Labute approximate surface area is 189 Å². The highest BCUT2D eigenvalue weighted by Gasteiger charge is 2.32. The van der Waals surface area contributed by atoms with Gasteiger partial charge < -0.3 is 19.6 Å². The van der Waals surface area contributed by atoms with Gasteiger partial charge in [0.1, 0.15) is 17.5 Å². The van der Waals surface area contributed by atoms with E-state index in [1.54, 1.807) is 23.2 Å². The molecule has 2 heterocycles. The van der Waals surface area contributed by atoms with Crippen LogP contribution in [0.1, 0.15) is 6.42 Å². The third kappa shape index (κ3) is 6.20. The van der Waals surface area contributed by atoms with E-state index in [0.29, 0.717) is 45.7 Å². The van der Waals surface area contributed by atoms with Gasteiger partial charge >= 0.3 is 0 Å². The van der Waals surface area contributed by atoms with Crippen LogP contribution in [0, 0.1) is 17.1 Å². The Morgan fingerprint density at radius 3 is 2.38 bits per heavy atom. The van der Waals surface area contributed by atoms with Crippen molar-refractivity contribution in [1.82, 2.24) is 14.7 Å². The molecule has 0 aromatic heterocycles. The van der Waals surface area contributed by atoms with Crippen molar-refractivity contribution in [3.05, 3.63) is 41.9 Å². The van der Waals surface area contributed by atoms with E-state index in [-0.39, 0.29) is 34.8 Å². The van der Waals surface area contributed by atoms with Crippen LogP contribution in [-0.4, -0.2) is 99.9 Å². The Balaban J connectivity index is 1.68. The fraction of sp³-hybridized carbons (Fsp3) is 0.545. The standard InChI is InChI=1S/C22H30FN5O3S/c1-25(2)8-9-28(21-7-14-32(30,31)17-21)16-18(15-24)22(29)27-12-10-26(11-13-27)20-5-3-19(23)4-6-20/h3-6,16,21H,7-14,17H2,1-2H3/b18-16-. The number of benzene rings is 1. The van der Waals surface area contributed by atoms with E-state index in [1.165, 1.54) is 12.1 Å². The molecule has 2 aliphatic rings. The normalized spacial score (nSPS) is 21.0. The molecule has 174 valence electrons. The fourth-order valence-corrected chi connectivity index (χ4v) is 5.73. The lowest BCUT2D eigenvalue weighted by Crippen LogP contribution is -2.49. The number of likely N-dealkylation sites (N-methyl/N-ethyl adjacent to an activating group) is 1. The van der Waals surface area contributed by atoms with Crippen LogP contribution in [0.25, 0.3) is 0 Å². The second kappa shape index (κ2) is 10.3. The number of nitrogens with zero attached hydrogens (tertiary/aromatic N) is 5. The average molecular weight is 464 g/mol. The lowest BCUT2D eigenvalue weighted by Gasteiger charge is -2.36. The Bertz CT molecular complexity index is 980. The highest BCUT2D eigenvalue weighted by molar-refractivity contribution is 7.91. The second-order valence-corrected chi connectivity index (χ2v) is 10.7. The van der Waals surface area contributed by atoms with Gasteiger partial charge in [-0.15, -0.1) is 0 Å². The number of halogens is 1. The SMILES string of the molecule is CN(C)CCN(/C=C(/C#N)C(=O)N1CCN(c2ccc(F)cc2)CC1)C1CCS(=O)(=O)C1. The molecule has 2 fully saturated rings. The van der Waals surface area contributed by atoms with Crippen LogP contribution in [-0.2, 0) is 14.6 Å². The van der Waals surface area contributed by atoms with Gasteiger partial charge in [0.05, 0.1) is 11.5 Å². The van der Waals surface area contributed by atoms with Crippen molar-refractivity contribution < 1.29 is 17.6 Å². The molecule has 0 bridgehead atoms. The minimum Gasteiger partial charge on any atom is -0.371 e. The highest BCUT2D eigenvalue weighted by atomic mass is 32.2. The summed E-state index contributed by atoms with van der Waals surface area (Å²) in [6, 6.07) is 8.04. The molecule has 0 N–H and O–H groups in total. The summed E-state index contributed by atoms with van der Waals surface area (Å²) in [6.45, 7) is 3.28. The molecule has 1 aromatic rings. The first kappa shape index (κ1) is 24.0. The molecule has 3 rings (SSSR count). The van der Waals surface area contributed by atoms with Crippen LogP contribution in [0.3, 0.4) is 0 Å². The van der Waals surface area contributed by atoms with Crippen LogP contribution in [0.15, 0.2) is 36.0 Å². The van der Waals surface area contributed by atoms with E-state index < -0.39 is 9.84 Å². The molecule has 8 nitrogen and oxygen atoms in total. The number of piperazine rings is 1. The zero-order valence-corrected chi connectivity index (χ0v) is 19.4. The Morgan fingerprint density at radius 1 is 1.19 bits per heavy atom. The molecule has 2 saturated heterocycles. The van der Waals surface area contributed by atoms with Gasteiger partial charge in [-0.1, -0.05) is 0 Å². The van der Waals surface area contributed by atoms with Gasteiger partial charge in [-0.3, -0.25) is 4.79 Å². The van der Waals surface area contributed by atoms with Gasteiger partial charge in [0.25, 0.3) is 5.91 Å². The van der Waals surface area contributed by atoms with Crippen molar-refractivity contribution in [2.24, 2.45) is 0 Å². The van der Waals surface area contributed by atoms with Gasteiger partial charge in [-0.25, -0.2) is 12.8 Å². The molecule has 0 radical (unpaired) electrons. The van der Waals surface area contributed by atoms with Crippen molar-refractivity contribution >= 4 is 21.4 Å². The Kier molecular flexibility index (Phi) is 7.74. The van der Waals surface area contributed by atoms with Crippen LogP contribution >= 0.6 is 0 Å². The monoisotopic (exact) mass is 463 g/mol. The minimum atomic E-state index is -3.09. The summed E-state index contributed by atoms with van der Waals surface area (Å²) in [4.78, 5) is 20.6. The van der Waals surface area contributed by atoms with Crippen molar-refractivity contribution in [3.8, 4) is 6.07 Å². The van der Waals surface area contributed by atoms with E-state index >= 15 is 0 Å². The number of hydrogen-bond donors (Lipinski definition) is 0. The summed E-state index contributed by atoms with van der Waals surface area (Å²) < 4.78 is 37.1. The topological polar surface area (TPSA) is 88.0 Å². The molecule has 10 heteroatoms. The largest absolute Gasteiger partial charge is 0.371 e. The summed E-state index contributed by atoms with van der Waals surface area (Å²) in [5.41, 5.74) is 0.912. The maximum atomic E-state index is 13.2. The number of amides is 1. The molecule has 0 aliphatic carbocycles. The predicted molar refractivity (Wildman–Crippen MR) is 121 cm³/mol. The first-order valence-electron chi connectivity index (χ1n) is 10.7. The first-order valence-corrected chi connectivity index (χ1v) is 12.5. The minimum absolute atomic E-state index is 0.0169. The van der Waals surface area contributed by atoms with Gasteiger partial charge in [0.15, 0.2) is 9.84 Å². The summed E-state index contributed by atoms with van der Waals surface area (Å²) in [5.74, 6) is -0.465. The van der Waals surface area contributed by atoms with Crippen molar-refractivity contribution in [2.45, 2.75) is 12.5 Å². The Hall–Kier alpha value is -2.64. The molecule has 0 spiro atoms. The quantitative estimate of drug-likeness (QED) is 0.439. The molecule has 1 aromatic carbocycles. The zero-order valence-electron chi connectivity index (χ0n) is 18.6. The van der Waals surface area contributed by atoms with E-state index in [0.717, 1.165) is 5.69 Å². The number of rotatable bonds is 7. The summed E-state index contributed by atoms with van der Waals surface area (Å²) >= 11 is 0. The third-order valence-corrected chi connectivity index (χ3v) is 7.64. The van der Waals surface area contributed by atoms with Gasteiger partial charge in [0, 0.05) is 57.2 Å². The third-order valence-electron chi connectivity index (χ3n) is 5.89. The van der Waals surface area contributed by atoms with Crippen molar-refractivity contribution in [3.63, 3.8) is 0 Å². The van der Waals surface area contributed by atoms with Gasteiger partial charge in [0.2, 0.25) is 0 Å². The smallest absolute Gasteiger partial charge is 0.266 e. The number of hydrogen-bond acceptors (Lipinski definition) is 7. The molecule has 1 atom stereocenters. The number of carbonyl (C=O) groups excluding carboxylic acids is 1. The summed E-state index contributed by atoms with van der Waals surface area (Å²) in [5, 5.41) is 9.69.